The molecule has 1 heterocycles. The Balaban J connectivity index is 3.06. The van der Waals surface area contributed by atoms with E-state index in [-0.39, 0.29) is 0 Å². The van der Waals surface area contributed by atoms with Crippen molar-refractivity contribution in [1.82, 2.24) is 4.98 Å². The molecule has 58 valence electrons. The average Bonchev–Trinajstić information content (AvgIpc) is 2.03. The first-order valence-corrected chi connectivity index (χ1v) is 3.83. The number of nitrogens with zero attached hydrogens (tertiary/aromatic N) is 2. The molecule has 0 saturated heterocycles. The number of hydrogen-bond acceptors (Lipinski definition) is 3. The zero-order chi connectivity index (χ0) is 8.27. The molecule has 1 aromatic heterocycles. The van der Waals surface area contributed by atoms with Gasteiger partial charge in [-0.05, 0) is 28.9 Å². The van der Waals surface area contributed by atoms with E-state index in [4.69, 9.17) is 5.21 Å². The summed E-state index contributed by atoms with van der Waals surface area (Å²) in [5.74, 6) is 0. The van der Waals surface area contributed by atoms with Gasteiger partial charge in [0, 0.05) is 22.4 Å². The summed E-state index contributed by atoms with van der Waals surface area (Å²) in [6.07, 6.45) is 3.31. The van der Waals surface area contributed by atoms with Crippen LogP contribution in [0.2, 0.25) is 0 Å². The SMILES string of the molecule is CC(=NO)c1cncc(Br)c1. The Morgan fingerprint density at radius 3 is 2.91 bits per heavy atom. The molecular formula is C7H7BrN2O. The predicted octanol–water partition coefficient (Wildman–Crippen LogP) is 2.04. The Hall–Kier alpha value is -0.900. The first-order valence-electron chi connectivity index (χ1n) is 3.03. The smallest absolute Gasteiger partial charge is 0.0852 e. The lowest BCUT2D eigenvalue weighted by molar-refractivity contribution is 0.319. The van der Waals surface area contributed by atoms with Crippen molar-refractivity contribution in [3.63, 3.8) is 0 Å². The first-order chi connectivity index (χ1) is 5.24. The molecule has 0 fully saturated rings. The summed E-state index contributed by atoms with van der Waals surface area (Å²) in [5.41, 5.74) is 1.36. The normalized spacial score (nSPS) is 11.6. The van der Waals surface area contributed by atoms with Crippen molar-refractivity contribution in [3.05, 3.63) is 28.5 Å². The Bertz CT molecular complexity index is 286. The van der Waals surface area contributed by atoms with Gasteiger partial charge in [-0.15, -0.1) is 0 Å². The van der Waals surface area contributed by atoms with Crippen molar-refractivity contribution in [2.45, 2.75) is 6.92 Å². The molecule has 1 aromatic rings. The number of oxime groups is 1. The molecule has 0 bridgehead atoms. The fourth-order valence-corrected chi connectivity index (χ4v) is 1.03. The maximum Gasteiger partial charge on any atom is 0.0852 e. The predicted molar refractivity (Wildman–Crippen MR) is 45.9 cm³/mol. The molecule has 3 nitrogen and oxygen atoms in total. The second-order valence-electron chi connectivity index (χ2n) is 2.08. The van der Waals surface area contributed by atoms with Crippen LogP contribution in [-0.4, -0.2) is 15.9 Å². The highest BCUT2D eigenvalue weighted by Gasteiger charge is 1.97. The van der Waals surface area contributed by atoms with Crippen molar-refractivity contribution >= 4 is 21.6 Å². The van der Waals surface area contributed by atoms with E-state index < -0.39 is 0 Å². The highest BCUT2D eigenvalue weighted by Crippen LogP contribution is 2.09. The number of aromatic nitrogens is 1. The van der Waals surface area contributed by atoms with Crippen molar-refractivity contribution in [2.75, 3.05) is 0 Å². The van der Waals surface area contributed by atoms with E-state index in [0.29, 0.717) is 5.71 Å². The highest BCUT2D eigenvalue weighted by atomic mass is 79.9. The van der Waals surface area contributed by atoms with Gasteiger partial charge in [0.15, 0.2) is 0 Å². The maximum absolute atomic E-state index is 8.42. The molecule has 0 saturated carbocycles. The topological polar surface area (TPSA) is 45.5 Å². The summed E-state index contributed by atoms with van der Waals surface area (Å²) in [7, 11) is 0. The third-order valence-electron chi connectivity index (χ3n) is 1.27. The summed E-state index contributed by atoms with van der Waals surface area (Å²) in [4.78, 5) is 3.91. The van der Waals surface area contributed by atoms with Gasteiger partial charge >= 0.3 is 0 Å². The van der Waals surface area contributed by atoms with Crippen LogP contribution in [-0.2, 0) is 0 Å². The van der Waals surface area contributed by atoms with E-state index in [1.54, 1.807) is 19.3 Å². The fraction of sp³-hybridized carbons (Fsp3) is 0.143. The second kappa shape index (κ2) is 3.48. The molecule has 11 heavy (non-hydrogen) atoms. The fourth-order valence-electron chi connectivity index (χ4n) is 0.667. The number of hydrogen-bond donors (Lipinski definition) is 1. The van der Waals surface area contributed by atoms with Crippen LogP contribution in [0, 0.1) is 0 Å². The van der Waals surface area contributed by atoms with Gasteiger partial charge in [-0.2, -0.15) is 0 Å². The molecule has 0 aromatic carbocycles. The lowest BCUT2D eigenvalue weighted by atomic mass is 10.2. The van der Waals surface area contributed by atoms with Gasteiger partial charge in [0.2, 0.25) is 0 Å². The third-order valence-corrected chi connectivity index (χ3v) is 1.71. The van der Waals surface area contributed by atoms with Crippen LogP contribution in [0.25, 0.3) is 0 Å². The zero-order valence-electron chi connectivity index (χ0n) is 5.95. The van der Waals surface area contributed by atoms with E-state index in [9.17, 15) is 0 Å². The van der Waals surface area contributed by atoms with Crippen LogP contribution in [0.15, 0.2) is 28.1 Å². The Morgan fingerprint density at radius 2 is 2.36 bits per heavy atom. The Morgan fingerprint density at radius 1 is 1.64 bits per heavy atom. The number of pyridine rings is 1. The van der Waals surface area contributed by atoms with Gasteiger partial charge in [-0.25, -0.2) is 0 Å². The summed E-state index contributed by atoms with van der Waals surface area (Å²) in [5, 5.41) is 11.5. The second-order valence-corrected chi connectivity index (χ2v) is 2.99. The van der Waals surface area contributed by atoms with E-state index in [2.05, 4.69) is 26.1 Å². The maximum atomic E-state index is 8.42. The summed E-state index contributed by atoms with van der Waals surface area (Å²) in [6.45, 7) is 1.71. The van der Waals surface area contributed by atoms with Crippen LogP contribution < -0.4 is 0 Å². The van der Waals surface area contributed by atoms with Crippen LogP contribution in [0.4, 0.5) is 0 Å². The Labute approximate surface area is 72.9 Å². The highest BCUT2D eigenvalue weighted by molar-refractivity contribution is 9.10. The van der Waals surface area contributed by atoms with Crippen LogP contribution in [0.1, 0.15) is 12.5 Å². The summed E-state index contributed by atoms with van der Waals surface area (Å²) in [6, 6.07) is 1.84. The van der Waals surface area contributed by atoms with E-state index >= 15 is 0 Å². The summed E-state index contributed by atoms with van der Waals surface area (Å²) >= 11 is 3.26. The van der Waals surface area contributed by atoms with Crippen molar-refractivity contribution in [1.29, 1.82) is 0 Å². The minimum Gasteiger partial charge on any atom is -0.411 e. The largest absolute Gasteiger partial charge is 0.411 e. The van der Waals surface area contributed by atoms with Crippen molar-refractivity contribution in [3.8, 4) is 0 Å². The van der Waals surface area contributed by atoms with Gasteiger partial charge < -0.3 is 5.21 Å². The molecular weight excluding hydrogens is 208 g/mol. The standard InChI is InChI=1S/C7H7BrN2O/c1-5(10-11)6-2-7(8)4-9-3-6/h2-4,11H,1H3. The van der Waals surface area contributed by atoms with Crippen LogP contribution in [0.3, 0.4) is 0 Å². The van der Waals surface area contributed by atoms with Crippen LogP contribution >= 0.6 is 15.9 Å². The van der Waals surface area contributed by atoms with E-state index in [1.165, 1.54) is 0 Å². The van der Waals surface area contributed by atoms with Gasteiger partial charge in [-0.1, -0.05) is 5.16 Å². The molecule has 4 heteroatoms. The van der Waals surface area contributed by atoms with Crippen molar-refractivity contribution in [2.24, 2.45) is 5.16 Å². The van der Waals surface area contributed by atoms with Crippen LogP contribution in [0.5, 0.6) is 0 Å². The number of halogens is 1. The Kier molecular flexibility index (Phi) is 2.59. The molecule has 0 spiro atoms. The molecule has 0 radical (unpaired) electrons. The minimum absolute atomic E-state index is 0.554. The first kappa shape index (κ1) is 8.20. The molecule has 0 atom stereocenters. The minimum atomic E-state index is 0.554. The zero-order valence-corrected chi connectivity index (χ0v) is 7.54. The molecule has 0 unspecified atom stereocenters. The van der Waals surface area contributed by atoms with Gasteiger partial charge in [0.25, 0.3) is 0 Å². The van der Waals surface area contributed by atoms with Gasteiger partial charge in [-0.3, -0.25) is 4.98 Å². The van der Waals surface area contributed by atoms with E-state index in [1.807, 2.05) is 6.07 Å². The van der Waals surface area contributed by atoms with Gasteiger partial charge in [0.1, 0.15) is 0 Å². The van der Waals surface area contributed by atoms with E-state index in [0.717, 1.165) is 10.0 Å². The lowest BCUT2D eigenvalue weighted by Gasteiger charge is -1.96. The molecule has 1 N–H and O–H groups in total. The lowest BCUT2D eigenvalue weighted by Crippen LogP contribution is -1.94. The average molecular weight is 215 g/mol. The summed E-state index contributed by atoms with van der Waals surface area (Å²) < 4.78 is 0.873. The monoisotopic (exact) mass is 214 g/mol. The third kappa shape index (κ3) is 2.01. The molecule has 0 aliphatic heterocycles. The molecule has 1 rings (SSSR count). The quantitative estimate of drug-likeness (QED) is 0.442. The molecule has 0 amide bonds. The number of rotatable bonds is 1. The molecule has 0 aliphatic carbocycles. The molecule has 0 aliphatic rings. The van der Waals surface area contributed by atoms with Gasteiger partial charge in [0.05, 0.1) is 5.71 Å². The van der Waals surface area contributed by atoms with Crippen molar-refractivity contribution < 1.29 is 5.21 Å².